The summed E-state index contributed by atoms with van der Waals surface area (Å²) >= 11 is 0. The zero-order valence-corrected chi connectivity index (χ0v) is 24.6. The fourth-order valence-electron chi connectivity index (χ4n) is 11.6. The van der Waals surface area contributed by atoms with E-state index in [0.717, 1.165) is 59.1 Å². The van der Waals surface area contributed by atoms with Crippen molar-refractivity contribution < 1.29 is 38.1 Å². The second-order valence-corrected chi connectivity index (χ2v) is 13.1. The molecule has 0 spiro atoms. The Morgan fingerprint density at radius 2 is 1.29 bits per heavy atom. The molecule has 9 nitrogen and oxygen atoms in total. The van der Waals surface area contributed by atoms with Crippen LogP contribution in [0.25, 0.3) is 10.8 Å². The first-order valence-corrected chi connectivity index (χ1v) is 15.1. The van der Waals surface area contributed by atoms with E-state index in [1.54, 1.807) is 14.2 Å². The van der Waals surface area contributed by atoms with Crippen LogP contribution in [0.2, 0.25) is 0 Å². The summed E-state index contributed by atoms with van der Waals surface area (Å²) in [6.45, 7) is 0. The molecule has 2 aliphatic heterocycles. The number of rotatable bonds is 5. The minimum absolute atomic E-state index is 0.0740. The number of methoxy groups -OCH3 is 5. The van der Waals surface area contributed by atoms with E-state index in [-0.39, 0.29) is 53.4 Å². The molecule has 2 aromatic carbocycles. The number of ether oxygens (including phenoxy) is 5. The Balaban J connectivity index is 1.44. The number of hydrogen-bond acceptors (Lipinski definition) is 9. The van der Waals surface area contributed by atoms with Gasteiger partial charge in [0.1, 0.15) is 29.1 Å². The molecule has 7 unspecified atom stereocenters. The lowest BCUT2D eigenvalue weighted by molar-refractivity contribution is -0.166. The SMILES string of the molecule is COC(=O)C1C2C([C@H]3CC[C@@H]2C3)C2(C(=O)OC)C3C(C(C(=O)OC)N12)[C@@H]1C[C@H]3c2c1c(OC)c1ccccc1c2OC. The van der Waals surface area contributed by atoms with Gasteiger partial charge in [0, 0.05) is 27.8 Å². The molecular weight excluding hydrogens is 538 g/mol. The standard InChI is InChI=1S/C33H37NO8/c1-38-28-16-8-6-7-9-17(16)29(39-2)22-19-13-18(21(22)28)23-25(19)33(32(37)42-5)24-15-11-10-14(12-15)20(24)26(30(35)40-3)34(33)27(23)31(36)41-4/h6-9,14-15,18-20,23-27H,10-13H2,1-5H3/t14-,15+,18-,19+,20?,23?,24?,25?,26?,27?,33?/m1/s1. The van der Waals surface area contributed by atoms with E-state index in [2.05, 4.69) is 0 Å². The number of carbonyl (C=O) groups excluding carboxylic acids is 3. The van der Waals surface area contributed by atoms with Gasteiger partial charge in [0.15, 0.2) is 0 Å². The second kappa shape index (κ2) is 8.85. The highest BCUT2D eigenvalue weighted by atomic mass is 16.5. The molecule has 2 heterocycles. The number of benzene rings is 2. The van der Waals surface area contributed by atoms with Gasteiger partial charge < -0.3 is 23.7 Å². The van der Waals surface area contributed by atoms with Crippen molar-refractivity contribution in [1.29, 1.82) is 0 Å². The van der Waals surface area contributed by atoms with Gasteiger partial charge in [-0.3, -0.25) is 19.3 Å². The van der Waals surface area contributed by atoms with Gasteiger partial charge in [-0.25, -0.2) is 0 Å². The fourth-order valence-corrected chi connectivity index (χ4v) is 11.6. The zero-order valence-electron chi connectivity index (χ0n) is 24.6. The van der Waals surface area contributed by atoms with Crippen molar-refractivity contribution in [3.8, 4) is 11.5 Å². The maximum absolute atomic E-state index is 14.5. The summed E-state index contributed by atoms with van der Waals surface area (Å²) in [4.78, 5) is 44.2. The van der Waals surface area contributed by atoms with Crippen LogP contribution in [0, 0.1) is 35.5 Å². The third-order valence-electron chi connectivity index (χ3n) is 12.3. The summed E-state index contributed by atoms with van der Waals surface area (Å²) in [5.74, 6) is 0.141. The largest absolute Gasteiger partial charge is 0.496 e. The Morgan fingerprint density at radius 1 is 0.714 bits per heavy atom. The molecule has 2 aromatic rings. The molecule has 0 N–H and O–H groups in total. The third-order valence-corrected chi connectivity index (χ3v) is 12.3. The molecule has 0 radical (unpaired) electrons. The minimum atomic E-state index is -1.15. The number of fused-ring (bicyclic) bond motifs is 17. The van der Waals surface area contributed by atoms with Crippen molar-refractivity contribution in [1.82, 2.24) is 4.90 Å². The quantitative estimate of drug-likeness (QED) is 0.391. The first kappa shape index (κ1) is 26.3. The topological polar surface area (TPSA) is 101 Å². The van der Waals surface area contributed by atoms with Crippen molar-refractivity contribution >= 4 is 28.7 Å². The van der Waals surface area contributed by atoms with E-state index in [1.165, 1.54) is 21.3 Å². The Labute approximate surface area is 244 Å². The molecule has 5 fully saturated rings. The lowest BCUT2D eigenvalue weighted by atomic mass is 9.60. The molecule has 8 rings (SSSR count). The van der Waals surface area contributed by atoms with E-state index >= 15 is 0 Å². The summed E-state index contributed by atoms with van der Waals surface area (Å²) in [6.07, 6.45) is 3.79. The van der Waals surface area contributed by atoms with Crippen molar-refractivity contribution in [3.63, 3.8) is 0 Å². The number of carbonyl (C=O) groups is 3. The highest BCUT2D eigenvalue weighted by Gasteiger charge is 2.84. The molecule has 42 heavy (non-hydrogen) atoms. The van der Waals surface area contributed by atoms with Gasteiger partial charge in [0.2, 0.25) is 0 Å². The first-order chi connectivity index (χ1) is 20.4. The van der Waals surface area contributed by atoms with Crippen LogP contribution in [0.1, 0.15) is 48.6 Å². The van der Waals surface area contributed by atoms with Crippen LogP contribution < -0.4 is 9.47 Å². The molecule has 0 amide bonds. The van der Waals surface area contributed by atoms with E-state index in [0.29, 0.717) is 5.92 Å². The first-order valence-electron chi connectivity index (χ1n) is 15.1. The summed E-state index contributed by atoms with van der Waals surface area (Å²) < 4.78 is 28.9. The molecule has 2 saturated heterocycles. The van der Waals surface area contributed by atoms with Crippen LogP contribution >= 0.6 is 0 Å². The Hall–Kier alpha value is -3.33. The van der Waals surface area contributed by atoms with Gasteiger partial charge in [-0.05, 0) is 67.1 Å². The lowest BCUT2D eigenvalue weighted by Gasteiger charge is -2.44. The fraction of sp³-hybridized carbons (Fsp3) is 0.606. The van der Waals surface area contributed by atoms with E-state index in [4.69, 9.17) is 23.7 Å². The predicted molar refractivity (Wildman–Crippen MR) is 150 cm³/mol. The summed E-state index contributed by atoms with van der Waals surface area (Å²) in [7, 11) is 7.60. The van der Waals surface area contributed by atoms with Crippen LogP contribution in [-0.4, -0.2) is 76.0 Å². The normalized spacial score (nSPS) is 39.9. The van der Waals surface area contributed by atoms with Crippen LogP contribution in [0.4, 0.5) is 0 Å². The minimum Gasteiger partial charge on any atom is -0.496 e. The highest BCUT2D eigenvalue weighted by molar-refractivity contribution is 5.98. The van der Waals surface area contributed by atoms with Gasteiger partial charge in [0.25, 0.3) is 0 Å². The second-order valence-electron chi connectivity index (χ2n) is 13.1. The summed E-state index contributed by atoms with van der Waals surface area (Å²) in [5.41, 5.74) is 0.964. The van der Waals surface area contributed by atoms with Gasteiger partial charge in [-0.1, -0.05) is 24.3 Å². The molecule has 6 aliphatic rings. The van der Waals surface area contributed by atoms with Crippen molar-refractivity contribution in [3.05, 3.63) is 35.4 Å². The summed E-state index contributed by atoms with van der Waals surface area (Å²) in [6, 6.07) is 6.55. The lowest BCUT2D eigenvalue weighted by Crippen LogP contribution is -2.61. The molecule has 3 saturated carbocycles. The van der Waals surface area contributed by atoms with Gasteiger partial charge in [-0.2, -0.15) is 0 Å². The Kier molecular flexibility index (Phi) is 5.54. The van der Waals surface area contributed by atoms with Crippen molar-refractivity contribution in [2.75, 3.05) is 35.5 Å². The maximum Gasteiger partial charge on any atom is 0.326 e. The molecule has 222 valence electrons. The van der Waals surface area contributed by atoms with E-state index < -0.39 is 23.6 Å². The summed E-state index contributed by atoms with van der Waals surface area (Å²) in [5, 5.41) is 1.92. The Morgan fingerprint density at radius 3 is 1.86 bits per heavy atom. The molecule has 4 bridgehead atoms. The number of esters is 3. The van der Waals surface area contributed by atoms with Crippen LogP contribution in [0.5, 0.6) is 11.5 Å². The number of nitrogens with zero attached hydrogens (tertiary/aromatic N) is 1. The van der Waals surface area contributed by atoms with Gasteiger partial charge in [-0.15, -0.1) is 0 Å². The maximum atomic E-state index is 14.5. The molecule has 9 heteroatoms. The molecule has 4 aliphatic carbocycles. The van der Waals surface area contributed by atoms with Crippen molar-refractivity contribution in [2.45, 2.75) is 55.1 Å². The monoisotopic (exact) mass is 575 g/mol. The molecule has 11 atom stereocenters. The van der Waals surface area contributed by atoms with Gasteiger partial charge >= 0.3 is 17.9 Å². The average Bonchev–Trinajstić information content (AvgIpc) is 3.85. The third kappa shape index (κ3) is 2.73. The van der Waals surface area contributed by atoms with Crippen LogP contribution in [-0.2, 0) is 28.6 Å². The van der Waals surface area contributed by atoms with E-state index in [9.17, 15) is 14.4 Å². The smallest absolute Gasteiger partial charge is 0.326 e. The predicted octanol–water partition coefficient (Wildman–Crippen LogP) is 3.66. The highest BCUT2D eigenvalue weighted by Crippen LogP contribution is 2.78. The van der Waals surface area contributed by atoms with Crippen molar-refractivity contribution in [2.24, 2.45) is 35.5 Å². The number of hydrogen-bond donors (Lipinski definition) is 0. The van der Waals surface area contributed by atoms with Gasteiger partial charge in [0.05, 0.1) is 35.5 Å². The zero-order chi connectivity index (χ0) is 29.2. The molecular formula is C33H37NO8. The molecule has 0 aromatic heterocycles. The average molecular weight is 576 g/mol. The van der Waals surface area contributed by atoms with Crippen LogP contribution in [0.3, 0.4) is 0 Å². The Bertz CT molecular complexity index is 1540. The van der Waals surface area contributed by atoms with Crippen LogP contribution in [0.15, 0.2) is 24.3 Å². The van der Waals surface area contributed by atoms with E-state index in [1.807, 2.05) is 29.2 Å².